The topological polar surface area (TPSA) is 94.0 Å². The van der Waals surface area contributed by atoms with Crippen LogP contribution in [0, 0.1) is 13.8 Å². The molecule has 0 saturated heterocycles. The van der Waals surface area contributed by atoms with Gasteiger partial charge >= 0.3 is 0 Å². The van der Waals surface area contributed by atoms with Gasteiger partial charge in [0.1, 0.15) is 4.99 Å². The predicted octanol–water partition coefficient (Wildman–Crippen LogP) is 1.40. The highest BCUT2D eigenvalue weighted by Crippen LogP contribution is 2.24. The molecule has 0 saturated carbocycles. The summed E-state index contributed by atoms with van der Waals surface area (Å²) >= 11 is 5.06. The number of carbonyl (C=O) groups is 1. The molecule has 0 atom stereocenters. The van der Waals surface area contributed by atoms with Gasteiger partial charge in [0.05, 0.1) is 5.56 Å². The first-order valence-electron chi connectivity index (χ1n) is 5.97. The van der Waals surface area contributed by atoms with Gasteiger partial charge in [0, 0.05) is 29.0 Å². The summed E-state index contributed by atoms with van der Waals surface area (Å²) in [5.41, 5.74) is 13.6. The van der Waals surface area contributed by atoms with Crippen molar-refractivity contribution in [2.75, 3.05) is 5.32 Å². The fourth-order valence-corrected chi connectivity index (χ4v) is 2.34. The lowest BCUT2D eigenvalue weighted by atomic mass is 9.98. The average molecular weight is 280 g/mol. The largest absolute Gasteiger partial charge is 0.389 e. The quantitative estimate of drug-likeness (QED) is 0.709. The van der Waals surface area contributed by atoms with Gasteiger partial charge in [0.15, 0.2) is 0 Å². The van der Waals surface area contributed by atoms with Gasteiger partial charge in [-0.05, 0) is 33.8 Å². The van der Waals surface area contributed by atoms with Crippen LogP contribution >= 0.6 is 12.2 Å². The molecule has 0 fully saturated rings. The third-order valence-electron chi connectivity index (χ3n) is 2.66. The maximum Gasteiger partial charge on any atom is 0.219 e. The van der Waals surface area contributed by atoms with Crippen molar-refractivity contribution in [1.29, 1.82) is 0 Å². The summed E-state index contributed by atoms with van der Waals surface area (Å²) in [5, 5.41) is 3.27. The molecule has 5 nitrogen and oxygen atoms in total. The summed E-state index contributed by atoms with van der Waals surface area (Å²) in [4.78, 5) is 15.7. The van der Waals surface area contributed by atoms with Crippen LogP contribution in [0.25, 0.3) is 0 Å². The highest BCUT2D eigenvalue weighted by Gasteiger charge is 2.23. The van der Waals surface area contributed by atoms with Crippen LogP contribution in [0.1, 0.15) is 37.2 Å². The lowest BCUT2D eigenvalue weighted by Gasteiger charge is -2.28. The van der Waals surface area contributed by atoms with Crippen LogP contribution in [0.3, 0.4) is 0 Å². The van der Waals surface area contributed by atoms with Crippen molar-refractivity contribution in [2.45, 2.75) is 39.7 Å². The number of aryl methyl sites for hydroxylation is 2. The van der Waals surface area contributed by atoms with Crippen LogP contribution in [0.5, 0.6) is 0 Å². The van der Waals surface area contributed by atoms with E-state index in [4.69, 9.17) is 23.7 Å². The Bertz CT molecular complexity index is 526. The lowest BCUT2D eigenvalue weighted by molar-refractivity contribution is -0.118. The van der Waals surface area contributed by atoms with Crippen molar-refractivity contribution in [3.8, 4) is 0 Å². The summed E-state index contributed by atoms with van der Waals surface area (Å²) in [6, 6.07) is 1.87. The molecule has 1 heterocycles. The second kappa shape index (κ2) is 5.52. The Morgan fingerprint density at radius 2 is 2.00 bits per heavy atom. The van der Waals surface area contributed by atoms with Crippen LogP contribution in [-0.2, 0) is 4.79 Å². The van der Waals surface area contributed by atoms with Gasteiger partial charge in [-0.15, -0.1) is 0 Å². The molecule has 0 radical (unpaired) electrons. The molecule has 0 aliphatic rings. The fourth-order valence-electron chi connectivity index (χ4n) is 2.08. The normalized spacial score (nSPS) is 11.2. The van der Waals surface area contributed by atoms with E-state index >= 15 is 0 Å². The number of nitrogens with one attached hydrogen (secondary N) is 1. The molecule has 19 heavy (non-hydrogen) atoms. The van der Waals surface area contributed by atoms with Gasteiger partial charge in [-0.1, -0.05) is 12.2 Å². The molecule has 1 aromatic heterocycles. The number of amides is 1. The Kier molecular flexibility index (Phi) is 4.47. The van der Waals surface area contributed by atoms with Crippen LogP contribution in [0.15, 0.2) is 6.07 Å². The third kappa shape index (κ3) is 4.17. The summed E-state index contributed by atoms with van der Waals surface area (Å²) in [5.74, 6) is -0.364. The molecule has 1 amide bonds. The smallest absolute Gasteiger partial charge is 0.219 e. The van der Waals surface area contributed by atoms with Gasteiger partial charge < -0.3 is 16.8 Å². The zero-order valence-corrected chi connectivity index (χ0v) is 12.5. The standard InChI is InChI=1S/C13H20N4OS/c1-7-5-9(11(12(15)19)8(2)16-7)17-13(3,4)6-10(14)18/h5H,6H2,1-4H3,(H2,14,18)(H2,15,19)(H,16,17). The van der Waals surface area contributed by atoms with Gasteiger partial charge in [0.2, 0.25) is 5.91 Å². The van der Waals surface area contributed by atoms with Crippen molar-refractivity contribution in [3.63, 3.8) is 0 Å². The first-order chi connectivity index (χ1) is 8.62. The maximum atomic E-state index is 11.1. The number of carbonyl (C=O) groups excluding carboxylic acids is 1. The molecule has 6 heteroatoms. The second-order valence-electron chi connectivity index (χ2n) is 5.29. The summed E-state index contributed by atoms with van der Waals surface area (Å²) in [6.45, 7) is 7.54. The fraction of sp³-hybridized carbons (Fsp3) is 0.462. The second-order valence-corrected chi connectivity index (χ2v) is 5.73. The highest BCUT2D eigenvalue weighted by molar-refractivity contribution is 7.80. The van der Waals surface area contributed by atoms with Crippen molar-refractivity contribution < 1.29 is 4.79 Å². The molecule has 0 aliphatic heterocycles. The van der Waals surface area contributed by atoms with E-state index in [-0.39, 0.29) is 17.3 Å². The van der Waals surface area contributed by atoms with E-state index in [2.05, 4.69) is 10.3 Å². The molecule has 0 bridgehead atoms. The number of nitrogens with two attached hydrogens (primary N) is 2. The first-order valence-corrected chi connectivity index (χ1v) is 6.38. The van der Waals surface area contributed by atoms with Crippen molar-refractivity contribution in [1.82, 2.24) is 4.98 Å². The first kappa shape index (κ1) is 15.4. The summed E-state index contributed by atoms with van der Waals surface area (Å²) < 4.78 is 0. The molecule has 0 spiro atoms. The zero-order chi connectivity index (χ0) is 14.8. The minimum absolute atomic E-state index is 0.212. The number of anilines is 1. The minimum atomic E-state index is -0.481. The van der Waals surface area contributed by atoms with E-state index in [0.717, 1.165) is 17.1 Å². The maximum absolute atomic E-state index is 11.1. The molecule has 1 aromatic rings. The number of primary amides is 1. The van der Waals surface area contributed by atoms with Crippen molar-refractivity contribution >= 4 is 28.8 Å². The van der Waals surface area contributed by atoms with Gasteiger partial charge in [0.25, 0.3) is 0 Å². The SMILES string of the molecule is Cc1cc(NC(C)(C)CC(N)=O)c(C(N)=S)c(C)n1. The summed E-state index contributed by atoms with van der Waals surface area (Å²) in [7, 11) is 0. The van der Waals surface area contributed by atoms with Crippen molar-refractivity contribution in [2.24, 2.45) is 11.5 Å². The van der Waals surface area contributed by atoms with Crippen LogP contribution in [0.2, 0.25) is 0 Å². The molecular weight excluding hydrogens is 260 g/mol. The van der Waals surface area contributed by atoms with Crippen LogP contribution < -0.4 is 16.8 Å². The molecule has 0 unspecified atom stereocenters. The van der Waals surface area contributed by atoms with Crippen LogP contribution in [-0.4, -0.2) is 21.4 Å². The van der Waals surface area contributed by atoms with Gasteiger partial charge in [-0.25, -0.2) is 0 Å². The minimum Gasteiger partial charge on any atom is -0.389 e. The number of pyridine rings is 1. The molecule has 0 aromatic carbocycles. The Labute approximate surface area is 118 Å². The van der Waals surface area contributed by atoms with E-state index in [1.54, 1.807) is 0 Å². The summed E-state index contributed by atoms with van der Waals surface area (Å²) in [6.07, 6.45) is 0.212. The van der Waals surface area contributed by atoms with E-state index in [9.17, 15) is 4.79 Å². The number of hydrogen-bond acceptors (Lipinski definition) is 4. The molecule has 104 valence electrons. The molecule has 1 rings (SSSR count). The number of hydrogen-bond donors (Lipinski definition) is 3. The molecule has 5 N–H and O–H groups in total. The Balaban J connectivity index is 3.19. The van der Waals surface area contributed by atoms with Gasteiger partial charge in [-0.2, -0.15) is 0 Å². The Morgan fingerprint density at radius 1 is 1.42 bits per heavy atom. The molecule has 0 aliphatic carbocycles. The van der Waals surface area contributed by atoms with E-state index in [0.29, 0.717) is 5.56 Å². The zero-order valence-electron chi connectivity index (χ0n) is 11.7. The Hall–Kier alpha value is -1.69. The van der Waals surface area contributed by atoms with Crippen LogP contribution in [0.4, 0.5) is 5.69 Å². The van der Waals surface area contributed by atoms with Gasteiger partial charge in [-0.3, -0.25) is 9.78 Å². The average Bonchev–Trinajstić information content (AvgIpc) is 2.10. The highest BCUT2D eigenvalue weighted by atomic mass is 32.1. The third-order valence-corrected chi connectivity index (χ3v) is 2.87. The monoisotopic (exact) mass is 280 g/mol. The van der Waals surface area contributed by atoms with Crippen molar-refractivity contribution in [3.05, 3.63) is 23.0 Å². The van der Waals surface area contributed by atoms with E-state index in [1.165, 1.54) is 0 Å². The number of aromatic nitrogens is 1. The number of nitrogens with zero attached hydrogens (tertiary/aromatic N) is 1. The van der Waals surface area contributed by atoms with E-state index < -0.39 is 5.54 Å². The lowest BCUT2D eigenvalue weighted by Crippen LogP contribution is -2.37. The molecular formula is C13H20N4OS. The predicted molar refractivity (Wildman–Crippen MR) is 81.1 cm³/mol. The van der Waals surface area contributed by atoms with E-state index in [1.807, 2.05) is 33.8 Å². The number of thiocarbonyl (C=S) groups is 1. The number of rotatable bonds is 5. The Morgan fingerprint density at radius 3 is 2.47 bits per heavy atom.